The number of ether oxygens (including phenoxy) is 2. The van der Waals surface area contributed by atoms with Gasteiger partial charge in [-0.15, -0.1) is 0 Å². The van der Waals surface area contributed by atoms with Crippen LogP contribution in [0.4, 0.5) is 0 Å². The maximum Gasteiger partial charge on any atom is 0.249 e. The molecular weight excluding hydrogens is 815 g/mol. The Balaban J connectivity index is 2.49. The van der Waals surface area contributed by atoms with Crippen LogP contribution in [0.3, 0.4) is 0 Å². The van der Waals surface area contributed by atoms with Gasteiger partial charge in [-0.3, -0.25) is 8.98 Å². The smallest absolute Gasteiger partial charge is 0.249 e. The fourth-order valence-electron chi connectivity index (χ4n) is 8.16. The van der Waals surface area contributed by atoms with Crippen LogP contribution in [-0.4, -0.2) is 107 Å². The Hall–Kier alpha value is -1.20. The summed E-state index contributed by atoms with van der Waals surface area (Å²) < 4.78 is 49.3. The normalized spacial score (nSPS) is 21.1. The number of aliphatic hydroxyl groups excluding tert-OH is 5. The topological polar surface area (TPSA) is 215 Å². The molecule has 0 saturated carbocycles. The van der Waals surface area contributed by atoms with Crippen molar-refractivity contribution in [3.8, 4) is 0 Å². The van der Waals surface area contributed by atoms with E-state index in [-0.39, 0.29) is 6.42 Å². The van der Waals surface area contributed by atoms with E-state index in [2.05, 4.69) is 23.3 Å². The number of rotatable bonds is 43. The molecule has 14 heteroatoms. The summed E-state index contributed by atoms with van der Waals surface area (Å²) in [5, 5.41) is 55.2. The van der Waals surface area contributed by atoms with Crippen molar-refractivity contribution in [2.45, 2.75) is 275 Å². The van der Waals surface area contributed by atoms with E-state index < -0.39 is 78.5 Å². The van der Waals surface area contributed by atoms with Crippen molar-refractivity contribution in [3.63, 3.8) is 0 Å². The summed E-state index contributed by atoms with van der Waals surface area (Å²) in [6.07, 6.45) is 31.2. The predicted octanol–water partition coefficient (Wildman–Crippen LogP) is 8.96. The first-order chi connectivity index (χ1) is 29.9. The van der Waals surface area contributed by atoms with Gasteiger partial charge in [0.1, 0.15) is 30.5 Å². The van der Waals surface area contributed by atoms with Crippen molar-refractivity contribution in [3.05, 3.63) is 12.2 Å². The molecule has 0 spiro atoms. The van der Waals surface area contributed by atoms with E-state index >= 15 is 0 Å². The van der Waals surface area contributed by atoms with Gasteiger partial charge in [-0.2, -0.15) is 0 Å². The highest BCUT2D eigenvalue weighted by molar-refractivity contribution is 7.80. The van der Waals surface area contributed by atoms with Crippen molar-refractivity contribution in [2.24, 2.45) is 0 Å². The van der Waals surface area contributed by atoms with Crippen LogP contribution >= 0.6 is 0 Å². The van der Waals surface area contributed by atoms with Gasteiger partial charge in [0.25, 0.3) is 0 Å². The van der Waals surface area contributed by atoms with Crippen molar-refractivity contribution in [1.82, 2.24) is 5.32 Å². The molecule has 0 aromatic heterocycles. The van der Waals surface area contributed by atoms with Gasteiger partial charge in [0.2, 0.25) is 16.3 Å². The van der Waals surface area contributed by atoms with Crippen LogP contribution in [0.1, 0.15) is 226 Å². The molecule has 6 N–H and O–H groups in total. The van der Waals surface area contributed by atoms with E-state index in [9.17, 15) is 43.3 Å². The van der Waals surface area contributed by atoms with Crippen molar-refractivity contribution in [2.75, 3.05) is 13.2 Å². The third kappa shape index (κ3) is 30.8. The Kier molecular flexibility index (Phi) is 37.0. The Morgan fingerprint density at radius 3 is 1.47 bits per heavy atom. The summed E-state index contributed by atoms with van der Waals surface area (Å²) in [6.45, 7) is 3.19. The third-order valence-electron chi connectivity index (χ3n) is 12.2. The zero-order valence-corrected chi connectivity index (χ0v) is 39.8. The summed E-state index contributed by atoms with van der Waals surface area (Å²) in [5.74, 6) is -0.707. The standard InChI is InChI=1S/C48H93NO12S/c1-3-5-7-9-11-13-15-17-18-19-20-21-22-23-25-27-29-31-33-35-37-42(52)47(55)49-40(41(51)36-34-32-30-28-26-24-16-14-12-10-8-6-4-2)39-59-48-45(54)46(61-62(56,57)58)44(53)43(38-50)60-48/h34,36,40-46,48,50-54H,3-33,35,37-39H2,1-2H3,(H,49,55)(H,56,57,58)/p-1/b36-34+/t40-,41+,42?,43+,44-,45+,46-,48?/m0/s1. The van der Waals surface area contributed by atoms with Crippen LogP contribution in [0.25, 0.3) is 0 Å². The second kappa shape index (κ2) is 39.0. The van der Waals surface area contributed by atoms with Crippen LogP contribution in [0.5, 0.6) is 0 Å². The highest BCUT2D eigenvalue weighted by atomic mass is 32.3. The minimum absolute atomic E-state index is 0.242. The molecule has 368 valence electrons. The van der Waals surface area contributed by atoms with Crippen LogP contribution in [-0.2, 0) is 28.9 Å². The fraction of sp³-hybridized carbons (Fsp3) is 0.938. The molecule has 1 aliphatic rings. The monoisotopic (exact) mass is 907 g/mol. The minimum Gasteiger partial charge on any atom is -0.726 e. The minimum atomic E-state index is -5.37. The average Bonchev–Trinajstić information content (AvgIpc) is 3.24. The highest BCUT2D eigenvalue weighted by Crippen LogP contribution is 2.26. The molecular formula is C48H92NO12S-. The largest absolute Gasteiger partial charge is 0.726 e. The first-order valence-electron chi connectivity index (χ1n) is 25.2. The Labute approximate surface area is 377 Å². The van der Waals surface area contributed by atoms with Gasteiger partial charge in [-0.05, 0) is 19.3 Å². The molecule has 1 rings (SSSR count). The average molecular weight is 907 g/mol. The zero-order valence-electron chi connectivity index (χ0n) is 39.0. The van der Waals surface area contributed by atoms with Gasteiger partial charge >= 0.3 is 0 Å². The lowest BCUT2D eigenvalue weighted by Crippen LogP contribution is -2.61. The van der Waals surface area contributed by atoms with Gasteiger partial charge in [-0.25, -0.2) is 8.42 Å². The van der Waals surface area contributed by atoms with Crippen LogP contribution < -0.4 is 5.32 Å². The van der Waals surface area contributed by atoms with Gasteiger partial charge in [0.15, 0.2) is 6.29 Å². The summed E-state index contributed by atoms with van der Waals surface area (Å²) >= 11 is 0. The molecule has 0 radical (unpaired) electrons. The maximum absolute atomic E-state index is 13.1. The molecule has 0 bridgehead atoms. The number of nitrogens with one attached hydrogen (secondary N) is 1. The summed E-state index contributed by atoms with van der Waals surface area (Å²) in [5.41, 5.74) is 0. The summed E-state index contributed by atoms with van der Waals surface area (Å²) in [7, 11) is -5.37. The van der Waals surface area contributed by atoms with Crippen LogP contribution in [0.2, 0.25) is 0 Å². The molecule has 13 nitrogen and oxygen atoms in total. The van der Waals surface area contributed by atoms with Crippen molar-refractivity contribution < 1.29 is 57.0 Å². The molecule has 62 heavy (non-hydrogen) atoms. The van der Waals surface area contributed by atoms with Gasteiger partial charge in [-0.1, -0.05) is 219 Å². The number of hydrogen-bond donors (Lipinski definition) is 6. The van der Waals surface area contributed by atoms with E-state index in [0.29, 0.717) is 12.8 Å². The molecule has 1 fully saturated rings. The SMILES string of the molecule is CCCCCCCCCCCCC/C=C/[C@@H](O)[C@H](COC1O[C@H](CO)[C@H](O)[C@H](OS(=O)(=O)[O-])[C@H]1O)NC(=O)C(O)CCCCCCCCCCCCCCCCCCCCCC. The second-order valence-electron chi connectivity index (χ2n) is 17.9. The second-order valence-corrected chi connectivity index (χ2v) is 18.9. The van der Waals surface area contributed by atoms with E-state index in [1.165, 1.54) is 160 Å². The lowest BCUT2D eigenvalue weighted by molar-refractivity contribution is -0.298. The lowest BCUT2D eigenvalue weighted by atomic mass is 9.99. The Morgan fingerprint density at radius 1 is 0.661 bits per heavy atom. The molecule has 8 atom stereocenters. The maximum atomic E-state index is 13.1. The number of unbranched alkanes of at least 4 members (excludes halogenated alkanes) is 30. The van der Waals surface area contributed by atoms with Gasteiger partial charge in [0.05, 0.1) is 25.4 Å². The number of carbonyl (C=O) groups excluding carboxylic acids is 1. The van der Waals surface area contributed by atoms with Crippen molar-refractivity contribution >= 4 is 16.3 Å². The molecule has 1 aliphatic heterocycles. The van der Waals surface area contributed by atoms with Crippen LogP contribution in [0.15, 0.2) is 12.2 Å². The fourth-order valence-corrected chi connectivity index (χ4v) is 8.66. The molecule has 1 saturated heterocycles. The summed E-state index contributed by atoms with van der Waals surface area (Å²) in [6, 6.07) is -1.13. The molecule has 2 unspecified atom stereocenters. The van der Waals surface area contributed by atoms with E-state index in [1.807, 2.05) is 6.08 Å². The predicted molar refractivity (Wildman–Crippen MR) is 245 cm³/mol. The zero-order chi connectivity index (χ0) is 45.7. The molecule has 1 amide bonds. The molecule has 0 aromatic rings. The van der Waals surface area contributed by atoms with E-state index in [1.54, 1.807) is 0 Å². The quantitative estimate of drug-likeness (QED) is 0.0146. The van der Waals surface area contributed by atoms with Crippen molar-refractivity contribution in [1.29, 1.82) is 0 Å². The molecule has 1 heterocycles. The number of amides is 1. The Morgan fingerprint density at radius 2 is 1.06 bits per heavy atom. The Bertz CT molecular complexity index is 1180. The lowest BCUT2D eigenvalue weighted by Gasteiger charge is -2.42. The third-order valence-corrected chi connectivity index (χ3v) is 12.6. The highest BCUT2D eigenvalue weighted by Gasteiger charge is 2.47. The van der Waals surface area contributed by atoms with Gasteiger partial charge in [0, 0.05) is 0 Å². The number of allylic oxidation sites excluding steroid dienone is 1. The molecule has 0 aromatic carbocycles. The number of aliphatic hydroxyl groups is 5. The van der Waals surface area contributed by atoms with E-state index in [4.69, 9.17) is 9.47 Å². The number of carbonyl (C=O) groups is 1. The first-order valence-corrected chi connectivity index (χ1v) is 26.5. The van der Waals surface area contributed by atoms with E-state index in [0.717, 1.165) is 38.5 Å². The van der Waals surface area contributed by atoms with Gasteiger partial charge < -0.3 is 44.9 Å². The summed E-state index contributed by atoms with van der Waals surface area (Å²) in [4.78, 5) is 13.1. The van der Waals surface area contributed by atoms with Crippen LogP contribution in [0, 0.1) is 0 Å². The molecule has 0 aliphatic carbocycles. The number of hydrogen-bond acceptors (Lipinski definition) is 12. The first kappa shape index (κ1) is 58.8.